The zero-order valence-electron chi connectivity index (χ0n) is 43.0. The summed E-state index contributed by atoms with van der Waals surface area (Å²) < 4.78 is 108. The van der Waals surface area contributed by atoms with Crippen molar-refractivity contribution in [2.75, 3.05) is 65.8 Å². The van der Waals surface area contributed by atoms with Gasteiger partial charge in [-0.2, -0.15) is 4.98 Å². The van der Waals surface area contributed by atoms with E-state index in [1.165, 1.54) is 44.2 Å². The summed E-state index contributed by atoms with van der Waals surface area (Å²) in [5, 5.41) is 9.32. The monoisotopic (exact) mass is 1260 g/mol. The van der Waals surface area contributed by atoms with Crippen molar-refractivity contribution in [3.05, 3.63) is 81.9 Å². The third-order valence-corrected chi connectivity index (χ3v) is 18.2. The first-order chi connectivity index (χ1) is 37.1. The number of H-pyrrole nitrogens is 3. The van der Waals surface area contributed by atoms with Gasteiger partial charge in [-0.3, -0.25) is 61.2 Å². The van der Waals surface area contributed by atoms with Gasteiger partial charge in [0.25, 0.3) is 16.7 Å². The number of aromatic amines is 3. The summed E-state index contributed by atoms with van der Waals surface area (Å²) in [5.41, 5.74) is 2.23. The second kappa shape index (κ2) is 26.7. The summed E-state index contributed by atoms with van der Waals surface area (Å²) in [7, 11) is -2.98. The number of imidazole rings is 1. The van der Waals surface area contributed by atoms with Gasteiger partial charge in [0.2, 0.25) is 5.95 Å². The number of anilines is 1. The summed E-state index contributed by atoms with van der Waals surface area (Å²) >= 11 is 14.7. The second-order valence-electron chi connectivity index (χ2n) is 18.3. The van der Waals surface area contributed by atoms with E-state index in [1.807, 2.05) is 0 Å². The molecule has 3 aliphatic rings. The molecule has 32 nitrogen and oxygen atoms in total. The molecular formula is C40H61N9O23P4S3. The highest BCUT2D eigenvalue weighted by atomic mass is 32.7. The minimum atomic E-state index is -4.56. The second-order valence-corrected chi connectivity index (χ2v) is 28.8. The summed E-state index contributed by atoms with van der Waals surface area (Å²) in [6.45, 7) is -7.84. The van der Waals surface area contributed by atoms with Crippen LogP contribution in [0.2, 0.25) is 0 Å². The molecule has 14 atom stereocenters. The number of nitrogens with one attached hydrogen (secondary N) is 3. The maximum atomic E-state index is 14.5. The fraction of sp³-hybridized carbons (Fsp3) is 0.675. The Morgan fingerprint density at radius 1 is 0.772 bits per heavy atom. The summed E-state index contributed by atoms with van der Waals surface area (Å²) in [6, 6.07) is 0. The van der Waals surface area contributed by atoms with Crippen molar-refractivity contribution >= 4 is 80.8 Å². The van der Waals surface area contributed by atoms with Crippen molar-refractivity contribution in [1.29, 1.82) is 0 Å². The van der Waals surface area contributed by atoms with Crippen LogP contribution in [0.3, 0.4) is 0 Å². The van der Waals surface area contributed by atoms with Gasteiger partial charge in [0.05, 0.1) is 58.2 Å². The number of ether oxygens (including phenoxy) is 5. The molecule has 8 unspecified atom stereocenters. The molecule has 442 valence electrons. The number of nitrogens with two attached hydrogens (primary N) is 1. The molecule has 3 fully saturated rings. The number of fused-ring (bicyclic) bond motifs is 1. The van der Waals surface area contributed by atoms with Crippen LogP contribution in [0.4, 0.5) is 5.95 Å². The van der Waals surface area contributed by atoms with E-state index in [9.17, 15) is 48.0 Å². The predicted octanol–water partition coefficient (Wildman–Crippen LogP) is 1.25. The highest BCUT2D eigenvalue weighted by Gasteiger charge is 2.51. The largest absolute Gasteiger partial charge is 0.396 e. The Morgan fingerprint density at radius 3 is 2.00 bits per heavy atom. The van der Waals surface area contributed by atoms with Crippen molar-refractivity contribution in [2.45, 2.75) is 114 Å². The maximum absolute atomic E-state index is 14.5. The molecule has 7 rings (SSSR count). The minimum Gasteiger partial charge on any atom is -0.396 e. The molecule has 0 spiro atoms. The van der Waals surface area contributed by atoms with Gasteiger partial charge in [0.1, 0.15) is 49.1 Å². The fourth-order valence-corrected chi connectivity index (χ4v) is 14.2. The quantitative estimate of drug-likeness (QED) is 0.0225. The van der Waals surface area contributed by atoms with Crippen LogP contribution in [-0.2, 0) is 92.6 Å². The lowest BCUT2D eigenvalue weighted by atomic mass is 10.1. The molecule has 3 aliphatic heterocycles. The molecule has 0 saturated carbocycles. The third kappa shape index (κ3) is 16.6. The van der Waals surface area contributed by atoms with E-state index < -0.39 is 143 Å². The first kappa shape index (κ1) is 63.6. The molecule has 0 aromatic carbocycles. The number of hydrogen-bond acceptors (Lipinski definition) is 26. The molecular weight excluding hydrogens is 1190 g/mol. The van der Waals surface area contributed by atoms with Gasteiger partial charge in [0, 0.05) is 56.7 Å². The molecule has 8 N–H and O–H groups in total. The molecule has 79 heavy (non-hydrogen) atoms. The molecule has 0 radical (unpaired) electrons. The number of aromatic nitrogens is 8. The molecule has 0 aliphatic carbocycles. The summed E-state index contributed by atoms with van der Waals surface area (Å²) in [5.74, 6) is -0.217. The van der Waals surface area contributed by atoms with Crippen molar-refractivity contribution in [3.8, 4) is 0 Å². The van der Waals surface area contributed by atoms with E-state index in [2.05, 4.69) is 37.2 Å². The molecule has 0 amide bonds. The lowest BCUT2D eigenvalue weighted by molar-refractivity contribution is -0.0812. The van der Waals surface area contributed by atoms with Crippen LogP contribution >= 0.6 is 40.1 Å². The van der Waals surface area contributed by atoms with Crippen LogP contribution in [-0.4, -0.2) is 162 Å². The Labute approximate surface area is 463 Å². The smallest absolute Gasteiger partial charge is 0.386 e. The van der Waals surface area contributed by atoms with Crippen molar-refractivity contribution in [1.82, 2.24) is 38.6 Å². The van der Waals surface area contributed by atoms with E-state index >= 15 is 0 Å². The number of nitrogen functional groups attached to an aromatic ring is 1. The van der Waals surface area contributed by atoms with Crippen molar-refractivity contribution in [2.24, 2.45) is 0 Å². The van der Waals surface area contributed by atoms with Crippen LogP contribution < -0.4 is 33.8 Å². The number of thiol groups is 1. The molecule has 4 aromatic rings. The molecule has 39 heteroatoms. The standard InChI is InChI=1S/C40H61N9O23P4S3/c1-20(2)69-75(58,78)64-17-26-24(13-29(67-26)49-19-42-30-33(49)43-38(41)44-36(30)53)71-76(59,79)65-16-25-23(12-28(66-25)47-14-21(3)34(51)45-39(47)54)70-73(6,56)63-18-27-31(72-74(57,77)62-9-7-8-50)32(61-11-10-60-5)37(68-27)48-15-22(4)35(52)46-40(48)55/h14-15,19-20,23-29,31-32,37,50H,7-13,16-18H2,1-6H3,(H,57,77)(H,58,78)(H,59,79)(H,45,51,54)(H,46,52,55)(H3,41,43,44,53)/t23?,24?,25-,26-,27-,28-,29-,31?,32?,37-,73?,74?,75?,76?/m1/s1. The molecule has 0 bridgehead atoms. The Morgan fingerprint density at radius 2 is 1.37 bits per heavy atom. The van der Waals surface area contributed by atoms with E-state index in [1.54, 1.807) is 13.8 Å². The maximum Gasteiger partial charge on any atom is 0.386 e. The number of methoxy groups -OCH3 is 1. The highest BCUT2D eigenvalue weighted by Crippen LogP contribution is 2.58. The van der Waals surface area contributed by atoms with Gasteiger partial charge in [-0.05, 0) is 57.7 Å². The molecule has 7 heterocycles. The third-order valence-electron chi connectivity index (χ3n) is 11.9. The van der Waals surface area contributed by atoms with E-state index in [0.29, 0.717) is 0 Å². The van der Waals surface area contributed by atoms with Gasteiger partial charge >= 0.3 is 39.2 Å². The topological polar surface area (TPSA) is 414 Å². The Bertz CT molecular complexity index is 3310. The van der Waals surface area contributed by atoms with Crippen LogP contribution in [0.25, 0.3) is 11.2 Å². The summed E-state index contributed by atoms with van der Waals surface area (Å²) in [6.07, 6.45) is -10.0. The molecule has 4 aromatic heterocycles. The van der Waals surface area contributed by atoms with Crippen molar-refractivity contribution < 1.29 is 83.9 Å². The number of rotatable bonds is 28. The Hall–Kier alpha value is -3.02. The zero-order valence-corrected chi connectivity index (χ0v) is 49.1. The average molecular weight is 1260 g/mol. The lowest BCUT2D eigenvalue weighted by Crippen LogP contribution is -2.41. The Kier molecular flexibility index (Phi) is 21.5. The molecule has 3 saturated heterocycles. The number of nitrogens with zero attached hydrogens (tertiary/aromatic N) is 5. The minimum absolute atomic E-state index is 0.0344. The zero-order chi connectivity index (χ0) is 57.8. The lowest BCUT2D eigenvalue weighted by Gasteiger charge is -2.28. The van der Waals surface area contributed by atoms with E-state index in [4.69, 9.17) is 89.2 Å². The van der Waals surface area contributed by atoms with E-state index in [-0.39, 0.29) is 73.9 Å². The first-order valence-corrected chi connectivity index (χ1v) is 33.9. The Balaban J connectivity index is 1.12. The van der Waals surface area contributed by atoms with Crippen LogP contribution in [0.1, 0.15) is 62.9 Å². The first-order valence-electron chi connectivity index (χ1n) is 24.0. The fourth-order valence-electron chi connectivity index (χ4n) is 8.38. The van der Waals surface area contributed by atoms with E-state index in [0.717, 1.165) is 15.8 Å². The summed E-state index contributed by atoms with van der Waals surface area (Å²) in [4.78, 5) is 101. The van der Waals surface area contributed by atoms with Crippen LogP contribution in [0, 0.1) is 13.8 Å². The number of hydrogen-bond donors (Lipinski definition) is 8. The van der Waals surface area contributed by atoms with Gasteiger partial charge in [-0.25, -0.2) is 19.1 Å². The number of aryl methyl sites for hydroxylation is 2. The van der Waals surface area contributed by atoms with Crippen LogP contribution in [0.5, 0.6) is 0 Å². The average Bonchev–Trinajstić information content (AvgIpc) is 4.16. The predicted molar refractivity (Wildman–Crippen MR) is 287 cm³/mol. The van der Waals surface area contributed by atoms with Gasteiger partial charge < -0.3 is 66.9 Å². The van der Waals surface area contributed by atoms with Gasteiger partial charge in [-0.15, -0.1) is 0 Å². The van der Waals surface area contributed by atoms with Gasteiger partial charge in [0.15, 0.2) is 17.4 Å². The van der Waals surface area contributed by atoms with Gasteiger partial charge in [-0.1, -0.05) is 12.2 Å². The SMILES string of the molecule is COCCOC1C(OP(O)(=S)OCCCO)[C@@H](COP(C)(=O)OC2C[C@H](n3cc(C)c(=O)[nH]c3=O)O[C@@H]2COP(=O)(S)OC2C[C@H](n3cnc4c(=O)[nH]c(N)nc43)O[C@@H]2COP(O)(=S)OC(C)C)O[C@H]1n1cc(C)c(=O)[nH]c1=O. The highest BCUT2D eigenvalue weighted by molar-refractivity contribution is 8.44. The van der Waals surface area contributed by atoms with Crippen molar-refractivity contribution in [3.63, 3.8) is 0 Å². The van der Waals surface area contributed by atoms with Crippen LogP contribution in [0.15, 0.2) is 42.7 Å². The number of aliphatic hydroxyl groups excluding tert-OH is 1. The number of aliphatic hydroxyl groups is 1. The normalized spacial score (nSPS) is 27.5.